The fraction of sp³-hybridized carbons (Fsp3) is 0.857. The Balaban J connectivity index is 1.90. The van der Waals surface area contributed by atoms with Crippen LogP contribution in [0.5, 0.6) is 0 Å². The molecule has 2 rings (SSSR count). The number of nitrogens with one attached hydrogen (secondary N) is 2. The van der Waals surface area contributed by atoms with Gasteiger partial charge in [0.2, 0.25) is 11.8 Å². The minimum Gasteiger partial charge on any atom is -0.359 e. The van der Waals surface area contributed by atoms with Crippen LogP contribution in [-0.4, -0.2) is 49.9 Å². The first-order chi connectivity index (χ1) is 9.07. The van der Waals surface area contributed by atoms with Crippen molar-refractivity contribution in [3.63, 3.8) is 0 Å². The molecule has 0 aromatic heterocycles. The first-order valence-electron chi connectivity index (χ1n) is 7.28. The van der Waals surface area contributed by atoms with Gasteiger partial charge in [-0.25, -0.2) is 0 Å². The van der Waals surface area contributed by atoms with Crippen LogP contribution in [0.3, 0.4) is 0 Å². The average Bonchev–Trinajstić information content (AvgIpc) is 2.46. The Labute approximate surface area is 115 Å². The molecule has 2 amide bonds. The second-order valence-corrected chi connectivity index (χ2v) is 5.99. The van der Waals surface area contributed by atoms with Gasteiger partial charge in [-0.1, -0.05) is 6.92 Å². The zero-order valence-electron chi connectivity index (χ0n) is 12.0. The van der Waals surface area contributed by atoms with Crippen molar-refractivity contribution in [3.05, 3.63) is 0 Å². The maximum absolute atomic E-state index is 12.6. The number of hydrogen-bond donors (Lipinski definition) is 2. The van der Waals surface area contributed by atoms with Crippen molar-refractivity contribution in [1.29, 1.82) is 0 Å². The molecule has 5 nitrogen and oxygen atoms in total. The lowest BCUT2D eigenvalue weighted by Crippen LogP contribution is -2.50. The first kappa shape index (κ1) is 14.3. The number of carbonyl (C=O) groups is 2. The number of amides is 2. The van der Waals surface area contributed by atoms with Crippen LogP contribution >= 0.6 is 0 Å². The Morgan fingerprint density at radius 3 is 2.32 bits per heavy atom. The number of nitrogens with zero attached hydrogens (tertiary/aromatic N) is 1. The predicted molar refractivity (Wildman–Crippen MR) is 73.6 cm³/mol. The standard InChI is InChI=1S/C14H25N3O2/c1-14(5-7-16-8-6-14)13(19)17-9-3-11(4-10-17)12(18)15-2/h11,16H,3-10H2,1-2H3,(H,15,18). The number of piperidine rings is 2. The molecule has 0 aromatic rings. The van der Waals surface area contributed by atoms with E-state index in [4.69, 9.17) is 0 Å². The summed E-state index contributed by atoms with van der Waals surface area (Å²) in [7, 11) is 1.68. The van der Waals surface area contributed by atoms with Crippen LogP contribution < -0.4 is 10.6 Å². The molecule has 0 atom stereocenters. The van der Waals surface area contributed by atoms with E-state index in [1.165, 1.54) is 0 Å². The first-order valence-corrected chi connectivity index (χ1v) is 7.28. The summed E-state index contributed by atoms with van der Waals surface area (Å²) in [6, 6.07) is 0. The summed E-state index contributed by atoms with van der Waals surface area (Å²) in [6.45, 7) is 5.38. The third kappa shape index (κ3) is 3.08. The molecular formula is C14H25N3O2. The van der Waals surface area contributed by atoms with Gasteiger partial charge in [0.25, 0.3) is 0 Å². The molecule has 19 heavy (non-hydrogen) atoms. The van der Waals surface area contributed by atoms with E-state index in [1.54, 1.807) is 7.05 Å². The van der Waals surface area contributed by atoms with Crippen molar-refractivity contribution in [1.82, 2.24) is 15.5 Å². The number of likely N-dealkylation sites (tertiary alicyclic amines) is 1. The van der Waals surface area contributed by atoms with E-state index < -0.39 is 0 Å². The van der Waals surface area contributed by atoms with Crippen molar-refractivity contribution in [2.75, 3.05) is 33.2 Å². The average molecular weight is 267 g/mol. The summed E-state index contributed by atoms with van der Waals surface area (Å²) in [5.41, 5.74) is -0.203. The zero-order valence-corrected chi connectivity index (χ0v) is 12.0. The Kier molecular flexibility index (Phi) is 4.45. The molecule has 0 aromatic carbocycles. The fourth-order valence-corrected chi connectivity index (χ4v) is 3.12. The molecule has 0 bridgehead atoms. The smallest absolute Gasteiger partial charge is 0.228 e. The number of rotatable bonds is 2. The van der Waals surface area contributed by atoms with Gasteiger partial charge in [0.1, 0.15) is 0 Å². The van der Waals surface area contributed by atoms with Gasteiger partial charge in [0.15, 0.2) is 0 Å². The Hall–Kier alpha value is -1.10. The second-order valence-electron chi connectivity index (χ2n) is 5.99. The van der Waals surface area contributed by atoms with Gasteiger partial charge in [0, 0.05) is 31.5 Å². The monoisotopic (exact) mass is 267 g/mol. The molecule has 2 N–H and O–H groups in total. The summed E-state index contributed by atoms with van der Waals surface area (Å²) in [5, 5.41) is 6.00. The third-order valence-electron chi connectivity index (χ3n) is 4.62. The van der Waals surface area contributed by atoms with E-state index in [9.17, 15) is 9.59 Å². The van der Waals surface area contributed by atoms with Crippen LogP contribution in [0.2, 0.25) is 0 Å². The van der Waals surface area contributed by atoms with E-state index in [0.717, 1.165) is 51.9 Å². The Morgan fingerprint density at radius 1 is 1.21 bits per heavy atom. The lowest BCUT2D eigenvalue weighted by Gasteiger charge is -2.40. The minimum atomic E-state index is -0.203. The molecule has 2 aliphatic heterocycles. The molecule has 0 spiro atoms. The summed E-state index contributed by atoms with van der Waals surface area (Å²) < 4.78 is 0. The van der Waals surface area contributed by atoms with Crippen LogP contribution in [-0.2, 0) is 9.59 Å². The van der Waals surface area contributed by atoms with Crippen LogP contribution in [0.4, 0.5) is 0 Å². The van der Waals surface area contributed by atoms with E-state index >= 15 is 0 Å². The van der Waals surface area contributed by atoms with Gasteiger partial charge < -0.3 is 15.5 Å². The maximum atomic E-state index is 12.6. The highest BCUT2D eigenvalue weighted by Crippen LogP contribution is 2.32. The van der Waals surface area contributed by atoms with E-state index in [-0.39, 0.29) is 23.1 Å². The molecule has 5 heteroatoms. The number of carbonyl (C=O) groups excluding carboxylic acids is 2. The van der Waals surface area contributed by atoms with Gasteiger partial charge in [-0.2, -0.15) is 0 Å². The SMILES string of the molecule is CNC(=O)C1CCN(C(=O)C2(C)CCNCC2)CC1. The normalized spacial score (nSPS) is 24.0. The minimum absolute atomic E-state index is 0.0786. The quantitative estimate of drug-likeness (QED) is 0.759. The zero-order chi connectivity index (χ0) is 13.9. The topological polar surface area (TPSA) is 61.4 Å². The van der Waals surface area contributed by atoms with Crippen LogP contribution in [0.25, 0.3) is 0 Å². The fourth-order valence-electron chi connectivity index (χ4n) is 3.12. The van der Waals surface area contributed by atoms with Crippen molar-refractivity contribution in [2.45, 2.75) is 32.6 Å². The van der Waals surface area contributed by atoms with Crippen molar-refractivity contribution in [2.24, 2.45) is 11.3 Å². The van der Waals surface area contributed by atoms with E-state index in [2.05, 4.69) is 17.6 Å². The Morgan fingerprint density at radius 2 is 1.79 bits per heavy atom. The van der Waals surface area contributed by atoms with Gasteiger partial charge in [-0.3, -0.25) is 9.59 Å². The van der Waals surface area contributed by atoms with Crippen molar-refractivity contribution >= 4 is 11.8 Å². The highest BCUT2D eigenvalue weighted by molar-refractivity contribution is 5.83. The molecule has 2 aliphatic rings. The summed E-state index contributed by atoms with van der Waals surface area (Å²) in [6.07, 6.45) is 3.42. The van der Waals surface area contributed by atoms with Crippen LogP contribution in [0.1, 0.15) is 32.6 Å². The third-order valence-corrected chi connectivity index (χ3v) is 4.62. The highest BCUT2D eigenvalue weighted by Gasteiger charge is 2.39. The summed E-state index contributed by atoms with van der Waals surface area (Å²) >= 11 is 0. The van der Waals surface area contributed by atoms with Gasteiger partial charge in [0.05, 0.1) is 0 Å². The van der Waals surface area contributed by atoms with Crippen LogP contribution in [0, 0.1) is 11.3 Å². The predicted octanol–water partition coefficient (Wildman–Crippen LogP) is 0.361. The molecule has 0 saturated carbocycles. The van der Waals surface area contributed by atoms with E-state index in [0.29, 0.717) is 0 Å². The molecule has 2 saturated heterocycles. The van der Waals surface area contributed by atoms with Crippen molar-refractivity contribution < 1.29 is 9.59 Å². The number of hydrogen-bond acceptors (Lipinski definition) is 3. The summed E-state index contributed by atoms with van der Waals surface area (Å²) in [4.78, 5) is 26.2. The molecule has 2 fully saturated rings. The van der Waals surface area contributed by atoms with Gasteiger partial charge in [-0.05, 0) is 38.8 Å². The largest absolute Gasteiger partial charge is 0.359 e. The van der Waals surface area contributed by atoms with E-state index in [1.807, 2.05) is 4.90 Å². The molecule has 0 radical (unpaired) electrons. The highest BCUT2D eigenvalue weighted by atomic mass is 16.2. The van der Waals surface area contributed by atoms with Crippen molar-refractivity contribution in [3.8, 4) is 0 Å². The molecule has 2 heterocycles. The Bertz CT molecular complexity index is 343. The molecule has 0 unspecified atom stereocenters. The molecule has 108 valence electrons. The lowest BCUT2D eigenvalue weighted by molar-refractivity contribution is -0.145. The van der Waals surface area contributed by atoms with Gasteiger partial charge >= 0.3 is 0 Å². The second kappa shape index (κ2) is 5.90. The maximum Gasteiger partial charge on any atom is 0.228 e. The van der Waals surface area contributed by atoms with Crippen LogP contribution in [0.15, 0.2) is 0 Å². The van der Waals surface area contributed by atoms with Gasteiger partial charge in [-0.15, -0.1) is 0 Å². The lowest BCUT2D eigenvalue weighted by atomic mass is 9.79. The molecular weight excluding hydrogens is 242 g/mol. The molecule has 0 aliphatic carbocycles. The summed E-state index contributed by atoms with van der Waals surface area (Å²) in [5.74, 6) is 0.472.